The van der Waals surface area contributed by atoms with E-state index in [2.05, 4.69) is 21.2 Å². The zero-order chi connectivity index (χ0) is 21.5. The summed E-state index contributed by atoms with van der Waals surface area (Å²) in [7, 11) is 1.58. The van der Waals surface area contributed by atoms with Crippen molar-refractivity contribution in [2.75, 3.05) is 19.0 Å². The molecule has 0 amide bonds. The molecule has 3 aromatic rings. The van der Waals surface area contributed by atoms with Crippen LogP contribution in [0.1, 0.15) is 18.1 Å². The van der Waals surface area contributed by atoms with Gasteiger partial charge in [-0.2, -0.15) is 0 Å². The smallest absolute Gasteiger partial charge is 0.162 e. The number of halogens is 3. The number of methoxy groups -OCH3 is 1. The minimum absolute atomic E-state index is 0.112. The summed E-state index contributed by atoms with van der Waals surface area (Å²) in [4.78, 5) is 0. The predicted octanol–water partition coefficient (Wildman–Crippen LogP) is 6.84. The maximum Gasteiger partial charge on any atom is 0.162 e. The largest absolute Gasteiger partial charge is 0.495 e. The van der Waals surface area contributed by atoms with Crippen LogP contribution < -0.4 is 19.5 Å². The number of hydrogen-bond donors (Lipinski definition) is 1. The third-order valence-electron chi connectivity index (χ3n) is 4.39. The molecule has 4 nitrogen and oxygen atoms in total. The van der Waals surface area contributed by atoms with Gasteiger partial charge in [-0.25, -0.2) is 4.39 Å². The van der Waals surface area contributed by atoms with Gasteiger partial charge in [-0.05, 0) is 48.9 Å². The molecule has 0 saturated carbocycles. The van der Waals surface area contributed by atoms with Crippen LogP contribution in [0, 0.1) is 5.82 Å². The first kappa shape index (κ1) is 22.2. The molecule has 0 aliphatic rings. The summed E-state index contributed by atoms with van der Waals surface area (Å²) >= 11 is 9.78. The van der Waals surface area contributed by atoms with Gasteiger partial charge in [0.25, 0.3) is 0 Å². The van der Waals surface area contributed by atoms with Crippen LogP contribution in [-0.4, -0.2) is 13.7 Å². The van der Waals surface area contributed by atoms with E-state index in [9.17, 15) is 4.39 Å². The third kappa shape index (κ3) is 5.58. The minimum atomic E-state index is -0.298. The molecule has 7 heteroatoms. The van der Waals surface area contributed by atoms with Crippen LogP contribution >= 0.6 is 27.5 Å². The molecule has 0 radical (unpaired) electrons. The van der Waals surface area contributed by atoms with E-state index in [1.54, 1.807) is 25.3 Å². The van der Waals surface area contributed by atoms with Gasteiger partial charge in [-0.3, -0.25) is 0 Å². The fraction of sp³-hybridized carbons (Fsp3) is 0.217. The zero-order valence-electron chi connectivity index (χ0n) is 16.7. The highest BCUT2D eigenvalue weighted by atomic mass is 79.9. The van der Waals surface area contributed by atoms with E-state index in [0.717, 1.165) is 15.7 Å². The molecule has 30 heavy (non-hydrogen) atoms. The number of nitrogens with one attached hydrogen (secondary N) is 1. The van der Waals surface area contributed by atoms with E-state index in [-0.39, 0.29) is 12.4 Å². The molecule has 0 aliphatic heterocycles. The molecule has 3 rings (SSSR count). The molecule has 158 valence electrons. The Morgan fingerprint density at radius 2 is 1.73 bits per heavy atom. The highest BCUT2D eigenvalue weighted by molar-refractivity contribution is 9.10. The molecule has 3 aromatic carbocycles. The highest BCUT2D eigenvalue weighted by Gasteiger charge is 2.13. The van der Waals surface area contributed by atoms with Crippen molar-refractivity contribution >= 4 is 33.2 Å². The molecule has 0 aliphatic carbocycles. The van der Waals surface area contributed by atoms with Crippen LogP contribution in [0.2, 0.25) is 5.02 Å². The predicted molar refractivity (Wildman–Crippen MR) is 121 cm³/mol. The average molecular weight is 495 g/mol. The maximum absolute atomic E-state index is 13.9. The molecule has 0 heterocycles. The van der Waals surface area contributed by atoms with E-state index in [1.165, 1.54) is 6.07 Å². The Bertz CT molecular complexity index is 1020. The van der Waals surface area contributed by atoms with Gasteiger partial charge < -0.3 is 19.5 Å². The lowest BCUT2D eigenvalue weighted by Crippen LogP contribution is -2.05. The molecule has 0 atom stereocenters. The van der Waals surface area contributed by atoms with Crippen molar-refractivity contribution in [3.8, 4) is 17.2 Å². The zero-order valence-corrected chi connectivity index (χ0v) is 19.0. The maximum atomic E-state index is 13.9. The van der Waals surface area contributed by atoms with Crippen molar-refractivity contribution in [3.05, 3.63) is 81.0 Å². The van der Waals surface area contributed by atoms with Crippen molar-refractivity contribution in [2.24, 2.45) is 0 Å². The average Bonchev–Trinajstić information content (AvgIpc) is 2.74. The minimum Gasteiger partial charge on any atom is -0.495 e. The molecule has 0 spiro atoms. The molecule has 1 N–H and O–H groups in total. The van der Waals surface area contributed by atoms with Gasteiger partial charge in [0.1, 0.15) is 18.2 Å². The lowest BCUT2D eigenvalue weighted by Gasteiger charge is -2.16. The van der Waals surface area contributed by atoms with Crippen LogP contribution in [0.5, 0.6) is 17.2 Å². The van der Waals surface area contributed by atoms with Gasteiger partial charge in [0.2, 0.25) is 0 Å². The van der Waals surface area contributed by atoms with E-state index in [4.69, 9.17) is 25.8 Å². The van der Waals surface area contributed by atoms with Gasteiger partial charge in [-0.1, -0.05) is 45.7 Å². The van der Waals surface area contributed by atoms with Crippen LogP contribution in [0.3, 0.4) is 0 Å². The second kappa shape index (κ2) is 10.5. The van der Waals surface area contributed by atoms with E-state index >= 15 is 0 Å². The van der Waals surface area contributed by atoms with Gasteiger partial charge in [0.05, 0.1) is 18.7 Å². The molecule has 0 fully saturated rings. The van der Waals surface area contributed by atoms with Gasteiger partial charge in [0, 0.05) is 22.3 Å². The van der Waals surface area contributed by atoms with Crippen molar-refractivity contribution in [1.29, 1.82) is 0 Å². The number of benzene rings is 3. The Hall–Kier alpha value is -2.44. The number of hydrogen-bond acceptors (Lipinski definition) is 4. The number of ether oxygens (including phenoxy) is 3. The second-order valence-electron chi connectivity index (χ2n) is 6.41. The summed E-state index contributed by atoms with van der Waals surface area (Å²) in [6.07, 6.45) is 0. The highest BCUT2D eigenvalue weighted by Crippen LogP contribution is 2.35. The topological polar surface area (TPSA) is 39.7 Å². The second-order valence-corrected chi connectivity index (χ2v) is 7.67. The molecular formula is C23H22BrClFNO3. The summed E-state index contributed by atoms with van der Waals surface area (Å²) < 4.78 is 31.5. The Kier molecular flexibility index (Phi) is 7.82. The fourth-order valence-corrected chi connectivity index (χ4v) is 3.56. The standard InChI is InChI=1S/C23H22BrClFNO3/c1-3-29-22-10-16(13-27-17-8-9-21(28-2)19(25)11-17)18(24)12-23(22)30-14-15-6-4-5-7-20(15)26/h4-12,27H,3,13-14H2,1-2H3. The normalized spacial score (nSPS) is 10.6. The Morgan fingerprint density at radius 3 is 2.43 bits per heavy atom. The summed E-state index contributed by atoms with van der Waals surface area (Å²) in [6.45, 7) is 3.04. The monoisotopic (exact) mass is 493 g/mol. The van der Waals surface area contributed by atoms with E-state index < -0.39 is 0 Å². The van der Waals surface area contributed by atoms with Gasteiger partial charge in [0.15, 0.2) is 11.5 Å². The molecule has 0 unspecified atom stereocenters. The quantitative estimate of drug-likeness (QED) is 0.353. The van der Waals surface area contributed by atoms with Crippen LogP contribution in [0.25, 0.3) is 0 Å². The van der Waals surface area contributed by atoms with Crippen LogP contribution in [0.4, 0.5) is 10.1 Å². The SMILES string of the molecule is CCOc1cc(CNc2ccc(OC)c(Cl)c2)c(Br)cc1OCc1ccccc1F. The van der Waals surface area contributed by atoms with E-state index in [1.807, 2.05) is 37.3 Å². The number of anilines is 1. The molecular weight excluding hydrogens is 473 g/mol. The van der Waals surface area contributed by atoms with E-state index in [0.29, 0.717) is 41.0 Å². The van der Waals surface area contributed by atoms with Crippen molar-refractivity contribution in [2.45, 2.75) is 20.1 Å². The van der Waals surface area contributed by atoms with Crippen molar-refractivity contribution in [1.82, 2.24) is 0 Å². The van der Waals surface area contributed by atoms with Crippen LogP contribution in [-0.2, 0) is 13.2 Å². The Labute approximate surface area is 189 Å². The first-order chi connectivity index (χ1) is 14.5. The van der Waals surface area contributed by atoms with Gasteiger partial charge in [-0.15, -0.1) is 0 Å². The lowest BCUT2D eigenvalue weighted by atomic mass is 10.2. The molecule has 0 aromatic heterocycles. The summed E-state index contributed by atoms with van der Waals surface area (Å²) in [5.74, 6) is 1.47. The summed E-state index contributed by atoms with van der Waals surface area (Å²) in [5, 5.41) is 3.87. The fourth-order valence-electron chi connectivity index (χ4n) is 2.84. The molecule has 0 saturated heterocycles. The van der Waals surface area contributed by atoms with Crippen LogP contribution in [0.15, 0.2) is 59.1 Å². The first-order valence-electron chi connectivity index (χ1n) is 9.40. The van der Waals surface area contributed by atoms with Crippen molar-refractivity contribution < 1.29 is 18.6 Å². The first-order valence-corrected chi connectivity index (χ1v) is 10.6. The summed E-state index contributed by atoms with van der Waals surface area (Å²) in [5.41, 5.74) is 2.33. The number of rotatable bonds is 9. The Morgan fingerprint density at radius 1 is 0.967 bits per heavy atom. The summed E-state index contributed by atoms with van der Waals surface area (Å²) in [6, 6.07) is 15.8. The molecule has 0 bridgehead atoms. The van der Waals surface area contributed by atoms with Gasteiger partial charge >= 0.3 is 0 Å². The Balaban J connectivity index is 1.75. The van der Waals surface area contributed by atoms with Crippen molar-refractivity contribution in [3.63, 3.8) is 0 Å². The third-order valence-corrected chi connectivity index (χ3v) is 5.42. The lowest BCUT2D eigenvalue weighted by molar-refractivity contribution is 0.265.